The number of allylic oxidation sites excluding steroid dienone is 1. The molecular formula is C26H44O8. The lowest BCUT2D eigenvalue weighted by atomic mass is 9.45. The van der Waals surface area contributed by atoms with Crippen LogP contribution in [-0.2, 0) is 9.47 Å². The predicted molar refractivity (Wildman–Crippen MR) is 124 cm³/mol. The van der Waals surface area contributed by atoms with E-state index < -0.39 is 48.8 Å². The SMILES string of the molecule is CC1(C)C[C@@H](O[C@@H]2O[C@H](CO)[C@@H](O)[C@H](O)[C@H]2O)C[C@@]2(C)[C@@H]3CC[C@](C)([C@@H](O)CO)C=C3CC[C@H]12. The van der Waals surface area contributed by atoms with Crippen LogP contribution in [0.5, 0.6) is 0 Å². The Morgan fingerprint density at radius 1 is 1.03 bits per heavy atom. The van der Waals surface area contributed by atoms with Gasteiger partial charge in [-0.15, -0.1) is 0 Å². The largest absolute Gasteiger partial charge is 0.394 e. The zero-order valence-corrected chi connectivity index (χ0v) is 20.9. The summed E-state index contributed by atoms with van der Waals surface area (Å²) in [4.78, 5) is 0. The standard InChI is InChI=1S/C26H44O8/c1-24(2)10-15(33-23-22(32)21(31)20(30)17(12-27)34-23)11-26(4)16-7-8-25(3,19(29)13-28)9-14(16)5-6-18(24)26/h9,15-23,27-32H,5-8,10-13H2,1-4H3/t15-,16-,17-,18-,19+,20-,21+,22-,23-,25+,26+/m1/s1. The number of aliphatic hydroxyl groups is 6. The zero-order valence-electron chi connectivity index (χ0n) is 20.9. The van der Waals surface area contributed by atoms with E-state index in [9.17, 15) is 30.6 Å². The summed E-state index contributed by atoms with van der Waals surface area (Å²) in [5.41, 5.74) is 0.892. The molecule has 0 aromatic heterocycles. The van der Waals surface area contributed by atoms with Crippen molar-refractivity contribution in [2.45, 2.75) is 109 Å². The second kappa shape index (κ2) is 9.38. The molecule has 4 aliphatic rings. The average Bonchev–Trinajstić information content (AvgIpc) is 2.77. The molecule has 1 heterocycles. The van der Waals surface area contributed by atoms with Crippen LogP contribution < -0.4 is 0 Å². The van der Waals surface area contributed by atoms with Crippen LogP contribution in [0, 0.1) is 28.1 Å². The molecule has 0 bridgehead atoms. The minimum atomic E-state index is -1.45. The van der Waals surface area contributed by atoms with E-state index in [2.05, 4.69) is 26.8 Å². The molecule has 8 nitrogen and oxygen atoms in total. The van der Waals surface area contributed by atoms with Gasteiger partial charge in [-0.1, -0.05) is 39.3 Å². The van der Waals surface area contributed by atoms with E-state index >= 15 is 0 Å². The number of rotatable bonds is 5. The van der Waals surface area contributed by atoms with Crippen molar-refractivity contribution in [2.75, 3.05) is 13.2 Å². The normalized spacial score (nSPS) is 49.5. The van der Waals surface area contributed by atoms with Gasteiger partial charge in [0.2, 0.25) is 0 Å². The Morgan fingerprint density at radius 3 is 2.38 bits per heavy atom. The number of ether oxygens (including phenoxy) is 2. The van der Waals surface area contributed by atoms with Crippen molar-refractivity contribution in [3.8, 4) is 0 Å². The van der Waals surface area contributed by atoms with Crippen molar-refractivity contribution in [1.29, 1.82) is 0 Å². The van der Waals surface area contributed by atoms with Gasteiger partial charge in [0.25, 0.3) is 0 Å². The van der Waals surface area contributed by atoms with Gasteiger partial charge in [-0.25, -0.2) is 0 Å². The Bertz CT molecular complexity index is 768. The summed E-state index contributed by atoms with van der Waals surface area (Å²) in [5, 5.41) is 60.3. The number of hydrogen-bond donors (Lipinski definition) is 6. The molecule has 6 N–H and O–H groups in total. The molecule has 1 aliphatic heterocycles. The van der Waals surface area contributed by atoms with Gasteiger partial charge in [-0.3, -0.25) is 0 Å². The van der Waals surface area contributed by atoms with Gasteiger partial charge in [-0.2, -0.15) is 0 Å². The molecule has 34 heavy (non-hydrogen) atoms. The van der Waals surface area contributed by atoms with E-state index in [0.717, 1.165) is 38.5 Å². The summed E-state index contributed by atoms with van der Waals surface area (Å²) in [7, 11) is 0. The highest BCUT2D eigenvalue weighted by atomic mass is 16.7. The molecule has 0 aromatic rings. The van der Waals surface area contributed by atoms with Crippen molar-refractivity contribution < 1.29 is 40.1 Å². The molecule has 0 amide bonds. The minimum Gasteiger partial charge on any atom is -0.394 e. The Kier molecular flexibility index (Phi) is 7.30. The quantitative estimate of drug-likeness (QED) is 0.252. The van der Waals surface area contributed by atoms with E-state index in [1.54, 1.807) is 0 Å². The molecule has 0 aromatic carbocycles. The first-order valence-corrected chi connectivity index (χ1v) is 12.8. The van der Waals surface area contributed by atoms with Gasteiger partial charge < -0.3 is 40.1 Å². The van der Waals surface area contributed by atoms with Crippen LogP contribution >= 0.6 is 0 Å². The summed E-state index contributed by atoms with van der Waals surface area (Å²) in [5.74, 6) is 0.842. The molecule has 3 fully saturated rings. The number of fused-ring (bicyclic) bond motifs is 3. The minimum absolute atomic E-state index is 0.0112. The van der Waals surface area contributed by atoms with Crippen LogP contribution in [0.25, 0.3) is 0 Å². The van der Waals surface area contributed by atoms with Gasteiger partial charge in [0.05, 0.1) is 25.4 Å². The monoisotopic (exact) mass is 484 g/mol. The van der Waals surface area contributed by atoms with Crippen LogP contribution in [0.15, 0.2) is 11.6 Å². The van der Waals surface area contributed by atoms with Crippen LogP contribution in [-0.4, -0.2) is 86.8 Å². The third-order valence-electron chi connectivity index (χ3n) is 9.72. The summed E-state index contributed by atoms with van der Waals surface area (Å²) in [6.07, 6.45) is 0.254. The van der Waals surface area contributed by atoms with Crippen LogP contribution in [0.4, 0.5) is 0 Å². The lowest BCUT2D eigenvalue weighted by Crippen LogP contribution is -2.61. The summed E-state index contributed by atoms with van der Waals surface area (Å²) < 4.78 is 11.9. The smallest absolute Gasteiger partial charge is 0.186 e. The van der Waals surface area contributed by atoms with Crippen molar-refractivity contribution in [3.05, 3.63) is 11.6 Å². The molecule has 196 valence electrons. The van der Waals surface area contributed by atoms with Gasteiger partial charge in [-0.05, 0) is 61.2 Å². The topological polar surface area (TPSA) is 140 Å². The van der Waals surface area contributed by atoms with Crippen molar-refractivity contribution in [3.63, 3.8) is 0 Å². The second-order valence-electron chi connectivity index (χ2n) is 12.5. The first-order chi connectivity index (χ1) is 15.9. The fourth-order valence-electron chi connectivity index (χ4n) is 7.92. The second-order valence-corrected chi connectivity index (χ2v) is 12.5. The zero-order chi connectivity index (χ0) is 25.1. The lowest BCUT2D eigenvalue weighted by molar-refractivity contribution is -0.320. The fraction of sp³-hybridized carbons (Fsp3) is 0.923. The highest BCUT2D eigenvalue weighted by molar-refractivity contribution is 5.25. The highest BCUT2D eigenvalue weighted by Gasteiger charge is 2.58. The highest BCUT2D eigenvalue weighted by Crippen LogP contribution is 2.64. The molecule has 3 aliphatic carbocycles. The first-order valence-electron chi connectivity index (χ1n) is 12.8. The fourth-order valence-corrected chi connectivity index (χ4v) is 7.92. The van der Waals surface area contributed by atoms with Crippen molar-refractivity contribution in [2.24, 2.45) is 28.1 Å². The van der Waals surface area contributed by atoms with E-state index in [0.29, 0.717) is 11.8 Å². The third-order valence-corrected chi connectivity index (χ3v) is 9.72. The number of aliphatic hydroxyl groups excluding tert-OH is 6. The average molecular weight is 485 g/mol. The molecule has 8 heteroatoms. The van der Waals surface area contributed by atoms with Crippen LogP contribution in [0.2, 0.25) is 0 Å². The summed E-state index contributed by atoms with van der Waals surface area (Å²) >= 11 is 0. The van der Waals surface area contributed by atoms with Crippen LogP contribution in [0.3, 0.4) is 0 Å². The van der Waals surface area contributed by atoms with E-state index in [-0.39, 0.29) is 23.5 Å². The molecule has 0 radical (unpaired) electrons. The lowest BCUT2D eigenvalue weighted by Gasteiger charge is -2.61. The maximum absolute atomic E-state index is 10.5. The van der Waals surface area contributed by atoms with Crippen molar-refractivity contribution >= 4 is 0 Å². The molecule has 2 saturated carbocycles. The maximum Gasteiger partial charge on any atom is 0.186 e. The molecule has 4 rings (SSSR count). The maximum atomic E-state index is 10.5. The van der Waals surface area contributed by atoms with Crippen LogP contribution in [0.1, 0.15) is 66.2 Å². The Morgan fingerprint density at radius 2 is 1.74 bits per heavy atom. The van der Waals surface area contributed by atoms with Gasteiger partial charge >= 0.3 is 0 Å². The Labute approximate surface area is 202 Å². The predicted octanol–water partition coefficient (Wildman–Crippen LogP) is 1.10. The Balaban J connectivity index is 1.57. The molecule has 0 spiro atoms. The van der Waals surface area contributed by atoms with Gasteiger partial charge in [0, 0.05) is 5.41 Å². The number of hydrogen-bond acceptors (Lipinski definition) is 8. The van der Waals surface area contributed by atoms with E-state index in [1.165, 1.54) is 5.57 Å². The molecule has 11 atom stereocenters. The Hall–Kier alpha value is -0.580. The van der Waals surface area contributed by atoms with Gasteiger partial charge in [0.15, 0.2) is 6.29 Å². The van der Waals surface area contributed by atoms with Crippen molar-refractivity contribution in [1.82, 2.24) is 0 Å². The molecule has 1 saturated heterocycles. The van der Waals surface area contributed by atoms with E-state index in [1.807, 2.05) is 6.92 Å². The molecule has 0 unspecified atom stereocenters. The summed E-state index contributed by atoms with van der Waals surface area (Å²) in [6.45, 7) is 8.19. The van der Waals surface area contributed by atoms with E-state index in [4.69, 9.17) is 9.47 Å². The van der Waals surface area contributed by atoms with Gasteiger partial charge in [0.1, 0.15) is 24.4 Å². The first kappa shape index (κ1) is 26.5. The third kappa shape index (κ3) is 4.39. The summed E-state index contributed by atoms with van der Waals surface area (Å²) in [6, 6.07) is 0. The molecular weight excluding hydrogens is 440 g/mol.